The van der Waals surface area contributed by atoms with Gasteiger partial charge in [0.1, 0.15) is 17.7 Å². The van der Waals surface area contributed by atoms with E-state index in [9.17, 15) is 9.50 Å². The second-order valence-corrected chi connectivity index (χ2v) is 4.37. The Labute approximate surface area is 101 Å². The molecule has 0 amide bonds. The van der Waals surface area contributed by atoms with Crippen molar-refractivity contribution in [2.24, 2.45) is 0 Å². The highest BCUT2D eigenvalue weighted by Gasteiger charge is 2.15. The third-order valence-corrected chi connectivity index (χ3v) is 2.91. The van der Waals surface area contributed by atoms with Crippen molar-refractivity contribution in [2.45, 2.75) is 38.4 Å². The average Bonchev–Trinajstić information content (AvgIpc) is 2.32. The van der Waals surface area contributed by atoms with Crippen LogP contribution < -0.4 is 4.74 Å². The number of aliphatic hydroxyl groups excluding tert-OH is 1. The standard InChI is InChI=1S/C14H17FO2/c1-10(16)13-9-11(15)7-8-14(13)17-12-5-3-2-4-6-12/h3,5,7-10,12,16H,2,4,6H2,1H3/t10-,12?/m1/s1. The van der Waals surface area contributed by atoms with E-state index in [0.29, 0.717) is 11.3 Å². The molecule has 3 heteroatoms. The molecule has 1 aromatic rings. The topological polar surface area (TPSA) is 29.5 Å². The highest BCUT2D eigenvalue weighted by molar-refractivity contribution is 5.36. The van der Waals surface area contributed by atoms with Crippen LogP contribution in [0.15, 0.2) is 30.4 Å². The fraction of sp³-hybridized carbons (Fsp3) is 0.429. The second kappa shape index (κ2) is 5.32. The Balaban J connectivity index is 2.19. The molecule has 2 atom stereocenters. The predicted molar refractivity (Wildman–Crippen MR) is 64.4 cm³/mol. The third kappa shape index (κ3) is 3.07. The van der Waals surface area contributed by atoms with Crippen molar-refractivity contribution in [2.75, 3.05) is 0 Å². The molecular formula is C14H17FO2. The number of ether oxygens (including phenoxy) is 1. The average molecular weight is 236 g/mol. The number of hydrogen-bond acceptors (Lipinski definition) is 2. The van der Waals surface area contributed by atoms with Crippen molar-refractivity contribution in [3.8, 4) is 5.75 Å². The van der Waals surface area contributed by atoms with E-state index >= 15 is 0 Å². The molecule has 2 nitrogen and oxygen atoms in total. The summed E-state index contributed by atoms with van der Waals surface area (Å²) in [6.07, 6.45) is 6.59. The molecule has 1 aliphatic rings. The van der Waals surface area contributed by atoms with Crippen LogP contribution in [0.25, 0.3) is 0 Å². The highest BCUT2D eigenvalue weighted by atomic mass is 19.1. The molecule has 1 unspecified atom stereocenters. The smallest absolute Gasteiger partial charge is 0.126 e. The zero-order valence-corrected chi connectivity index (χ0v) is 9.90. The summed E-state index contributed by atoms with van der Waals surface area (Å²) in [7, 11) is 0. The predicted octanol–water partition coefficient (Wildman–Crippen LogP) is 3.37. The normalized spacial score (nSPS) is 21.2. The van der Waals surface area contributed by atoms with Crippen LogP contribution in [0.1, 0.15) is 37.9 Å². The quantitative estimate of drug-likeness (QED) is 0.815. The van der Waals surface area contributed by atoms with Crippen LogP contribution in [-0.4, -0.2) is 11.2 Å². The summed E-state index contributed by atoms with van der Waals surface area (Å²) in [4.78, 5) is 0. The van der Waals surface area contributed by atoms with Crippen molar-refractivity contribution in [1.82, 2.24) is 0 Å². The molecule has 1 aliphatic carbocycles. The van der Waals surface area contributed by atoms with Crippen molar-refractivity contribution < 1.29 is 14.2 Å². The lowest BCUT2D eigenvalue weighted by Gasteiger charge is -2.21. The first-order valence-corrected chi connectivity index (χ1v) is 5.97. The van der Waals surface area contributed by atoms with Gasteiger partial charge in [-0.1, -0.05) is 6.08 Å². The van der Waals surface area contributed by atoms with Gasteiger partial charge in [-0.15, -0.1) is 0 Å². The van der Waals surface area contributed by atoms with Crippen LogP contribution in [0.5, 0.6) is 5.75 Å². The van der Waals surface area contributed by atoms with Crippen LogP contribution in [0.4, 0.5) is 4.39 Å². The van der Waals surface area contributed by atoms with Gasteiger partial charge in [-0.3, -0.25) is 0 Å². The Morgan fingerprint density at radius 3 is 2.94 bits per heavy atom. The van der Waals surface area contributed by atoms with Crippen LogP contribution in [-0.2, 0) is 0 Å². The molecule has 1 N–H and O–H groups in total. The molecular weight excluding hydrogens is 219 g/mol. The molecule has 0 bridgehead atoms. The summed E-state index contributed by atoms with van der Waals surface area (Å²) in [5.74, 6) is 0.213. The number of allylic oxidation sites excluding steroid dienone is 1. The van der Waals surface area contributed by atoms with Gasteiger partial charge in [0.2, 0.25) is 0 Å². The zero-order chi connectivity index (χ0) is 12.3. The molecule has 2 rings (SSSR count). The highest BCUT2D eigenvalue weighted by Crippen LogP contribution is 2.28. The molecule has 92 valence electrons. The first-order valence-electron chi connectivity index (χ1n) is 5.97. The van der Waals surface area contributed by atoms with Gasteiger partial charge >= 0.3 is 0 Å². The minimum absolute atomic E-state index is 0.0340. The van der Waals surface area contributed by atoms with Crippen LogP contribution in [0, 0.1) is 5.82 Å². The lowest BCUT2D eigenvalue weighted by molar-refractivity contribution is 0.180. The van der Waals surface area contributed by atoms with E-state index in [1.54, 1.807) is 13.0 Å². The minimum atomic E-state index is -0.728. The van der Waals surface area contributed by atoms with Gasteiger partial charge < -0.3 is 9.84 Å². The van der Waals surface area contributed by atoms with Crippen LogP contribution in [0.3, 0.4) is 0 Å². The summed E-state index contributed by atoms with van der Waals surface area (Å²) in [6.45, 7) is 1.61. The number of hydrogen-bond donors (Lipinski definition) is 1. The third-order valence-electron chi connectivity index (χ3n) is 2.91. The Hall–Kier alpha value is -1.35. The summed E-state index contributed by atoms with van der Waals surface area (Å²) in [6, 6.07) is 4.26. The Kier molecular flexibility index (Phi) is 3.79. The van der Waals surface area contributed by atoms with Crippen molar-refractivity contribution >= 4 is 0 Å². The minimum Gasteiger partial charge on any atom is -0.486 e. The van der Waals surface area contributed by atoms with Gasteiger partial charge in [0.25, 0.3) is 0 Å². The molecule has 0 saturated heterocycles. The Morgan fingerprint density at radius 2 is 2.29 bits per heavy atom. The molecule has 0 saturated carbocycles. The molecule has 0 aliphatic heterocycles. The van der Waals surface area contributed by atoms with Gasteiger partial charge in [0, 0.05) is 5.56 Å². The number of halogens is 1. The summed E-state index contributed by atoms with van der Waals surface area (Å²) in [5, 5.41) is 9.59. The monoisotopic (exact) mass is 236 g/mol. The maximum atomic E-state index is 13.1. The number of benzene rings is 1. The zero-order valence-electron chi connectivity index (χ0n) is 9.90. The van der Waals surface area contributed by atoms with Gasteiger partial charge in [-0.25, -0.2) is 4.39 Å². The molecule has 17 heavy (non-hydrogen) atoms. The fourth-order valence-electron chi connectivity index (χ4n) is 2.00. The molecule has 0 spiro atoms. The van der Waals surface area contributed by atoms with E-state index in [1.165, 1.54) is 12.1 Å². The second-order valence-electron chi connectivity index (χ2n) is 4.37. The lowest BCUT2D eigenvalue weighted by atomic mass is 10.0. The molecule has 0 heterocycles. The largest absolute Gasteiger partial charge is 0.486 e. The Bertz CT molecular complexity index is 413. The number of aliphatic hydroxyl groups is 1. The van der Waals surface area contributed by atoms with Crippen LogP contribution in [0.2, 0.25) is 0 Å². The van der Waals surface area contributed by atoms with Gasteiger partial charge in [0.05, 0.1) is 6.10 Å². The molecule has 0 fully saturated rings. The SMILES string of the molecule is C[C@@H](O)c1cc(F)ccc1OC1C=CCCC1. The van der Waals surface area contributed by atoms with E-state index in [4.69, 9.17) is 4.74 Å². The van der Waals surface area contributed by atoms with Gasteiger partial charge in [-0.2, -0.15) is 0 Å². The van der Waals surface area contributed by atoms with Crippen molar-refractivity contribution in [1.29, 1.82) is 0 Å². The van der Waals surface area contributed by atoms with Crippen molar-refractivity contribution in [3.05, 3.63) is 41.7 Å². The van der Waals surface area contributed by atoms with E-state index in [1.807, 2.05) is 6.08 Å². The Morgan fingerprint density at radius 1 is 1.47 bits per heavy atom. The first kappa shape index (κ1) is 12.1. The van der Waals surface area contributed by atoms with E-state index in [0.717, 1.165) is 19.3 Å². The first-order chi connectivity index (χ1) is 8.16. The molecule has 0 aromatic heterocycles. The molecule has 1 aromatic carbocycles. The van der Waals surface area contributed by atoms with E-state index in [2.05, 4.69) is 6.08 Å². The number of rotatable bonds is 3. The van der Waals surface area contributed by atoms with Crippen molar-refractivity contribution in [3.63, 3.8) is 0 Å². The summed E-state index contributed by atoms with van der Waals surface area (Å²) in [5.41, 5.74) is 0.504. The maximum Gasteiger partial charge on any atom is 0.126 e. The van der Waals surface area contributed by atoms with Crippen LogP contribution >= 0.6 is 0 Å². The van der Waals surface area contributed by atoms with E-state index < -0.39 is 6.10 Å². The maximum absolute atomic E-state index is 13.1. The molecule has 0 radical (unpaired) electrons. The lowest BCUT2D eigenvalue weighted by Crippen LogP contribution is -2.17. The van der Waals surface area contributed by atoms with Gasteiger partial charge in [0.15, 0.2) is 0 Å². The fourth-order valence-corrected chi connectivity index (χ4v) is 2.00. The summed E-state index contributed by atoms with van der Waals surface area (Å²) < 4.78 is 18.9. The van der Waals surface area contributed by atoms with Gasteiger partial charge in [-0.05, 0) is 50.5 Å². The van der Waals surface area contributed by atoms with E-state index in [-0.39, 0.29) is 11.9 Å². The summed E-state index contributed by atoms with van der Waals surface area (Å²) >= 11 is 0.